The molecule has 1 radical (unpaired) electrons. The van der Waals surface area contributed by atoms with Crippen LogP contribution < -0.4 is 5.73 Å². The smallest absolute Gasteiger partial charge is 0.255 e. The number of primary amides is 1. The number of benzene rings is 1. The molecule has 1 aromatic carbocycles. The first-order valence-electron chi connectivity index (χ1n) is 9.93. The second-order valence-corrected chi connectivity index (χ2v) is 9.29. The summed E-state index contributed by atoms with van der Waals surface area (Å²) in [5.74, 6) is -8.70. The van der Waals surface area contributed by atoms with Gasteiger partial charge in [0, 0.05) is 28.0 Å². The summed E-state index contributed by atoms with van der Waals surface area (Å²) in [6.07, 6.45) is 1.27. The van der Waals surface area contributed by atoms with Crippen LogP contribution in [0.15, 0.2) is 29.0 Å². The van der Waals surface area contributed by atoms with Gasteiger partial charge in [-0.15, -0.1) is 0 Å². The van der Waals surface area contributed by atoms with Crippen molar-refractivity contribution in [3.8, 4) is 5.75 Å². The van der Waals surface area contributed by atoms with Gasteiger partial charge < -0.3 is 31.3 Å². The molecule has 0 aliphatic heterocycles. The van der Waals surface area contributed by atoms with Crippen LogP contribution in [0.4, 0.5) is 0 Å². The van der Waals surface area contributed by atoms with Gasteiger partial charge in [0.1, 0.15) is 22.8 Å². The van der Waals surface area contributed by atoms with Crippen LogP contribution in [0.1, 0.15) is 18.1 Å². The highest BCUT2D eigenvalue weighted by atomic mass is 35.5. The van der Waals surface area contributed by atoms with Crippen LogP contribution in [0.3, 0.4) is 0 Å². The Hall–Kier alpha value is -2.92. The number of nitrogens with zero attached hydrogens (tertiary/aromatic N) is 1. The van der Waals surface area contributed by atoms with Crippen LogP contribution >= 0.6 is 11.6 Å². The standard InChI is InChI=1S/C22H22ClN2O8/c1-21(32)7-6-8-15(25(2)3)17(28)13(20(24)31)19(30)22(8,33)18(29)11(7)16(27)12-10(26)5-4-9(23)14(12)21/h4-8,15,26-27,30,32-33H,1-3H3,(H2,24,31). The Morgan fingerprint density at radius 3 is 2.30 bits per heavy atom. The van der Waals surface area contributed by atoms with Crippen LogP contribution in [-0.4, -0.2) is 73.6 Å². The van der Waals surface area contributed by atoms with E-state index in [0.717, 1.165) is 6.07 Å². The van der Waals surface area contributed by atoms with E-state index < -0.39 is 75.0 Å². The number of carbonyl (C=O) groups excluding carboxylic acids is 3. The third-order valence-electron chi connectivity index (χ3n) is 6.78. The van der Waals surface area contributed by atoms with E-state index in [0.29, 0.717) is 0 Å². The van der Waals surface area contributed by atoms with Gasteiger partial charge in [-0.1, -0.05) is 11.6 Å². The van der Waals surface area contributed by atoms with Crippen molar-refractivity contribution in [3.63, 3.8) is 0 Å². The van der Waals surface area contributed by atoms with Gasteiger partial charge in [-0.05, 0) is 39.6 Å². The second kappa shape index (κ2) is 7.04. The molecule has 1 amide bonds. The maximum Gasteiger partial charge on any atom is 0.255 e. The number of phenols is 1. The lowest BCUT2D eigenvalue weighted by atomic mass is 9.54. The molecule has 0 saturated heterocycles. The molecule has 5 atom stereocenters. The van der Waals surface area contributed by atoms with Crippen molar-refractivity contribution in [1.82, 2.24) is 4.90 Å². The number of aromatic hydroxyl groups is 1. The summed E-state index contributed by atoms with van der Waals surface area (Å²) in [6.45, 7) is 1.31. The summed E-state index contributed by atoms with van der Waals surface area (Å²) in [5, 5.41) is 55.1. The second-order valence-electron chi connectivity index (χ2n) is 8.88. The number of Topliss-reactive ketones (excluding diaryl/α,β-unsaturated/α-hetero) is 2. The molecule has 1 saturated carbocycles. The van der Waals surface area contributed by atoms with Gasteiger partial charge in [-0.3, -0.25) is 19.3 Å². The maximum atomic E-state index is 13.7. The van der Waals surface area contributed by atoms with Crippen LogP contribution in [0.5, 0.6) is 5.75 Å². The van der Waals surface area contributed by atoms with Crippen LogP contribution in [0.25, 0.3) is 5.76 Å². The van der Waals surface area contributed by atoms with Gasteiger partial charge in [0.15, 0.2) is 11.4 Å². The average molecular weight is 478 g/mol. The van der Waals surface area contributed by atoms with Crippen molar-refractivity contribution in [3.05, 3.63) is 51.6 Å². The normalized spacial score (nSPS) is 33.7. The molecule has 0 aromatic heterocycles. The zero-order chi connectivity index (χ0) is 24.8. The zero-order valence-electron chi connectivity index (χ0n) is 17.8. The Kier molecular flexibility index (Phi) is 4.96. The van der Waals surface area contributed by atoms with E-state index in [2.05, 4.69) is 0 Å². The highest BCUT2D eigenvalue weighted by Gasteiger charge is 2.66. The number of halogens is 1. The third-order valence-corrected chi connectivity index (χ3v) is 7.09. The predicted molar refractivity (Wildman–Crippen MR) is 115 cm³/mol. The Morgan fingerprint density at radius 1 is 1.15 bits per heavy atom. The first kappa shape index (κ1) is 23.2. The molecule has 1 fully saturated rings. The molecule has 1 aromatic rings. The molecule has 0 heterocycles. The minimum absolute atomic E-state index is 0.00252. The fourth-order valence-corrected chi connectivity index (χ4v) is 5.61. The molecule has 5 unspecified atom stereocenters. The highest BCUT2D eigenvalue weighted by molar-refractivity contribution is 6.32. The summed E-state index contributed by atoms with van der Waals surface area (Å²) in [6, 6.07) is 1.16. The van der Waals surface area contributed by atoms with Gasteiger partial charge in [0.25, 0.3) is 5.91 Å². The van der Waals surface area contributed by atoms with Gasteiger partial charge in [-0.25, -0.2) is 0 Å². The number of rotatable bonds is 2. The van der Waals surface area contributed by atoms with Crippen molar-refractivity contribution < 1.29 is 39.9 Å². The molecule has 10 nitrogen and oxygen atoms in total. The molecule has 3 aliphatic rings. The van der Waals surface area contributed by atoms with E-state index in [1.165, 1.54) is 38.4 Å². The number of amides is 1. The van der Waals surface area contributed by atoms with Gasteiger partial charge in [0.05, 0.1) is 17.2 Å². The molecule has 3 aliphatic carbocycles. The Morgan fingerprint density at radius 2 is 1.76 bits per heavy atom. The summed E-state index contributed by atoms with van der Waals surface area (Å²) in [5.41, 5.74) is -1.35. The Balaban J connectivity index is 2.07. The van der Waals surface area contributed by atoms with E-state index in [9.17, 15) is 39.9 Å². The third kappa shape index (κ3) is 2.75. The quantitative estimate of drug-likeness (QED) is 0.322. The molecule has 7 N–H and O–H groups in total. The summed E-state index contributed by atoms with van der Waals surface area (Å²) >= 11 is 6.26. The first-order valence-corrected chi connectivity index (χ1v) is 10.3. The average Bonchev–Trinajstić information content (AvgIpc) is 2.69. The lowest BCUT2D eigenvalue weighted by molar-refractivity contribution is -0.152. The monoisotopic (exact) mass is 477 g/mol. The van der Waals surface area contributed by atoms with Crippen molar-refractivity contribution in [1.29, 1.82) is 0 Å². The predicted octanol–water partition coefficient (Wildman–Crippen LogP) is 0.0966. The van der Waals surface area contributed by atoms with Crippen molar-refractivity contribution in [2.24, 2.45) is 17.6 Å². The molecule has 175 valence electrons. The largest absolute Gasteiger partial charge is 0.508 e. The number of nitrogens with two attached hydrogens (primary N) is 1. The number of ketones is 2. The Bertz CT molecular complexity index is 1200. The molecular weight excluding hydrogens is 456 g/mol. The number of likely N-dealkylation sites (N-methyl/N-ethyl adjacent to an activating group) is 1. The summed E-state index contributed by atoms with van der Waals surface area (Å²) in [7, 11) is 2.93. The molecule has 4 rings (SSSR count). The van der Waals surface area contributed by atoms with Crippen LogP contribution in [-0.2, 0) is 20.0 Å². The first-order chi connectivity index (χ1) is 15.2. The van der Waals surface area contributed by atoms with E-state index in [-0.39, 0.29) is 16.1 Å². The van der Waals surface area contributed by atoms with Gasteiger partial charge >= 0.3 is 0 Å². The number of aliphatic hydroxyl groups is 4. The number of phenolic OH excluding ortho intramolecular Hbond substituents is 1. The van der Waals surface area contributed by atoms with E-state index in [1.54, 1.807) is 0 Å². The number of hydrogen-bond donors (Lipinski definition) is 6. The van der Waals surface area contributed by atoms with Crippen LogP contribution in [0.2, 0.25) is 5.02 Å². The maximum absolute atomic E-state index is 13.7. The van der Waals surface area contributed by atoms with E-state index in [1.807, 2.05) is 0 Å². The van der Waals surface area contributed by atoms with Crippen molar-refractivity contribution in [2.75, 3.05) is 14.1 Å². The van der Waals surface area contributed by atoms with Crippen LogP contribution in [0, 0.1) is 18.3 Å². The van der Waals surface area contributed by atoms with E-state index in [4.69, 9.17) is 17.3 Å². The Labute approximate surface area is 193 Å². The number of aliphatic hydroxyl groups excluding tert-OH is 2. The zero-order valence-corrected chi connectivity index (χ0v) is 18.6. The highest BCUT2D eigenvalue weighted by Crippen LogP contribution is 2.57. The molecule has 11 heteroatoms. The lowest BCUT2D eigenvalue weighted by Gasteiger charge is -2.53. The van der Waals surface area contributed by atoms with Gasteiger partial charge in [-0.2, -0.15) is 0 Å². The van der Waals surface area contributed by atoms with E-state index >= 15 is 0 Å². The van der Waals surface area contributed by atoms with Gasteiger partial charge in [0.2, 0.25) is 5.78 Å². The summed E-state index contributed by atoms with van der Waals surface area (Å²) in [4.78, 5) is 40.0. The topological polar surface area (TPSA) is 182 Å². The minimum atomic E-state index is -2.84. The molecular formula is C22H22ClN2O8. The lowest BCUT2D eigenvalue weighted by Crippen LogP contribution is -2.67. The minimum Gasteiger partial charge on any atom is -0.508 e. The molecule has 33 heavy (non-hydrogen) atoms. The fraction of sp³-hybridized carbons (Fsp3) is 0.364. The molecule has 0 bridgehead atoms. The number of carbonyl (C=O) groups is 3. The number of fused-ring (bicyclic) bond motifs is 3. The fourth-order valence-electron chi connectivity index (χ4n) is 5.27. The number of hydrogen-bond acceptors (Lipinski definition) is 9. The SMILES string of the molecule is CN(C)C1C(=O)C(C(N)=O)=C(O)C2(O)C(=O)C3=C(O)c4c(O)ccc(Cl)c4C(C)(O)C3[CH]C12. The molecule has 0 spiro atoms. The van der Waals surface area contributed by atoms with Crippen molar-refractivity contribution in [2.45, 2.75) is 24.2 Å². The van der Waals surface area contributed by atoms with Crippen molar-refractivity contribution >= 4 is 34.8 Å². The summed E-state index contributed by atoms with van der Waals surface area (Å²) < 4.78 is 0.